The van der Waals surface area contributed by atoms with E-state index in [1.807, 2.05) is 63.4 Å². The molecule has 6 heteroatoms. The van der Waals surface area contributed by atoms with Crippen LogP contribution in [-0.2, 0) is 14.3 Å². The molecule has 1 saturated heterocycles. The molecule has 0 amide bonds. The van der Waals surface area contributed by atoms with Gasteiger partial charge in [0.1, 0.15) is 18.0 Å². The molecule has 1 unspecified atom stereocenters. The second kappa shape index (κ2) is 10.3. The molecule has 34 heavy (non-hydrogen) atoms. The first-order valence-corrected chi connectivity index (χ1v) is 11.9. The molecule has 4 rings (SSSR count). The van der Waals surface area contributed by atoms with Crippen molar-refractivity contribution >= 4 is 11.8 Å². The summed E-state index contributed by atoms with van der Waals surface area (Å²) in [6, 6.07) is 20.6. The Hall–Kier alpha value is -3.25. The largest absolute Gasteiger partial charge is 0.458 e. The Bertz CT molecular complexity index is 1100. The third-order valence-electron chi connectivity index (χ3n) is 5.83. The zero-order valence-corrected chi connectivity index (χ0v) is 20.4. The smallest absolute Gasteiger partial charge is 0.332 e. The first-order chi connectivity index (χ1) is 16.3. The van der Waals surface area contributed by atoms with Gasteiger partial charge in [0.25, 0.3) is 0 Å². The number of hydrogen-bond donors (Lipinski definition) is 0. The van der Waals surface area contributed by atoms with Gasteiger partial charge in [-0.3, -0.25) is 4.98 Å². The second-order valence-electron chi connectivity index (χ2n) is 9.74. The summed E-state index contributed by atoms with van der Waals surface area (Å²) in [5.41, 5.74) is 3.33. The molecule has 6 nitrogen and oxygen atoms in total. The maximum absolute atomic E-state index is 12.0. The number of nitrogens with zero attached hydrogens (tertiary/aromatic N) is 3. The lowest BCUT2D eigenvalue weighted by molar-refractivity contribution is -0.162. The van der Waals surface area contributed by atoms with Gasteiger partial charge in [-0.25, -0.2) is 9.78 Å². The van der Waals surface area contributed by atoms with Crippen molar-refractivity contribution in [2.45, 2.75) is 58.3 Å². The number of aromatic nitrogens is 2. The van der Waals surface area contributed by atoms with Crippen molar-refractivity contribution in [3.8, 4) is 22.5 Å². The lowest BCUT2D eigenvalue weighted by Crippen LogP contribution is -2.44. The van der Waals surface area contributed by atoms with Crippen molar-refractivity contribution in [1.29, 1.82) is 0 Å². The molecule has 3 aromatic rings. The molecule has 2 heterocycles. The Labute approximate surface area is 202 Å². The van der Waals surface area contributed by atoms with Crippen molar-refractivity contribution in [2.24, 2.45) is 0 Å². The topological polar surface area (TPSA) is 64.6 Å². The molecule has 0 aliphatic carbocycles. The van der Waals surface area contributed by atoms with Crippen LogP contribution in [0.4, 0.5) is 5.82 Å². The van der Waals surface area contributed by atoms with Crippen LogP contribution in [0.2, 0.25) is 0 Å². The standard InChI is InChI=1S/C28H33N3O3/c1-20-17-23(33-19-25(32)34-28(2,3)4)15-16-31(20)24-18-29-26(21-11-7-5-8-12-21)27(30-24)22-13-9-6-10-14-22/h5-14,18,20,23H,15-17,19H2,1-4H3/t20-,23?/m1/s1. The number of esters is 1. The quantitative estimate of drug-likeness (QED) is 0.452. The molecule has 1 aliphatic rings. The fourth-order valence-electron chi connectivity index (χ4n) is 4.30. The van der Waals surface area contributed by atoms with Crippen LogP contribution in [0.5, 0.6) is 0 Å². The van der Waals surface area contributed by atoms with Gasteiger partial charge in [0.15, 0.2) is 0 Å². The molecule has 0 radical (unpaired) electrons. The minimum Gasteiger partial charge on any atom is -0.458 e. The summed E-state index contributed by atoms with van der Waals surface area (Å²) >= 11 is 0. The van der Waals surface area contributed by atoms with Crippen molar-refractivity contribution < 1.29 is 14.3 Å². The third kappa shape index (κ3) is 6.00. The van der Waals surface area contributed by atoms with Gasteiger partial charge in [-0.1, -0.05) is 60.7 Å². The van der Waals surface area contributed by atoms with Gasteiger partial charge in [-0.2, -0.15) is 0 Å². The predicted octanol–water partition coefficient (Wildman–Crippen LogP) is 5.53. The highest BCUT2D eigenvalue weighted by Crippen LogP contribution is 2.32. The Morgan fingerprint density at radius 3 is 2.21 bits per heavy atom. The number of hydrogen-bond acceptors (Lipinski definition) is 6. The van der Waals surface area contributed by atoms with Gasteiger partial charge >= 0.3 is 5.97 Å². The van der Waals surface area contributed by atoms with Crippen molar-refractivity contribution in [1.82, 2.24) is 9.97 Å². The maximum Gasteiger partial charge on any atom is 0.332 e. The average molecular weight is 460 g/mol. The number of carbonyl (C=O) groups is 1. The van der Waals surface area contributed by atoms with Crippen LogP contribution >= 0.6 is 0 Å². The van der Waals surface area contributed by atoms with E-state index in [1.54, 1.807) is 0 Å². The summed E-state index contributed by atoms with van der Waals surface area (Å²) in [6.45, 7) is 8.52. The Morgan fingerprint density at radius 2 is 1.62 bits per heavy atom. The van der Waals surface area contributed by atoms with Crippen LogP contribution in [0, 0.1) is 0 Å². The van der Waals surface area contributed by atoms with Crippen LogP contribution in [0.15, 0.2) is 66.9 Å². The molecule has 2 atom stereocenters. The summed E-state index contributed by atoms with van der Waals surface area (Å²) in [6.07, 6.45) is 3.51. The highest BCUT2D eigenvalue weighted by Gasteiger charge is 2.29. The molecular weight excluding hydrogens is 426 g/mol. The zero-order chi connectivity index (χ0) is 24.1. The molecule has 2 aromatic carbocycles. The number of benzene rings is 2. The fraction of sp³-hybridized carbons (Fsp3) is 0.393. The predicted molar refractivity (Wildman–Crippen MR) is 135 cm³/mol. The Balaban J connectivity index is 1.50. The lowest BCUT2D eigenvalue weighted by atomic mass is 10.0. The van der Waals surface area contributed by atoms with Crippen molar-refractivity contribution in [3.63, 3.8) is 0 Å². The molecule has 0 bridgehead atoms. The van der Waals surface area contributed by atoms with E-state index in [4.69, 9.17) is 19.4 Å². The fourth-order valence-corrected chi connectivity index (χ4v) is 4.30. The number of rotatable bonds is 6. The summed E-state index contributed by atoms with van der Waals surface area (Å²) in [7, 11) is 0. The Kier molecular flexibility index (Phi) is 7.27. The Morgan fingerprint density at radius 1 is 1.00 bits per heavy atom. The zero-order valence-electron chi connectivity index (χ0n) is 20.4. The normalized spacial score (nSPS) is 18.5. The van der Waals surface area contributed by atoms with Gasteiger partial charge in [0.05, 0.1) is 23.7 Å². The minimum atomic E-state index is -0.502. The summed E-state index contributed by atoms with van der Waals surface area (Å²) in [5, 5.41) is 0. The summed E-state index contributed by atoms with van der Waals surface area (Å²) in [4.78, 5) is 24.2. The maximum atomic E-state index is 12.0. The van der Waals surface area contributed by atoms with E-state index in [-0.39, 0.29) is 24.7 Å². The monoisotopic (exact) mass is 459 g/mol. The first kappa shape index (κ1) is 23.9. The van der Waals surface area contributed by atoms with Crippen LogP contribution in [0.25, 0.3) is 22.5 Å². The SMILES string of the molecule is C[C@@H]1CC(OCC(=O)OC(C)(C)C)CCN1c1cnc(-c2ccccc2)c(-c2ccccc2)n1. The highest BCUT2D eigenvalue weighted by atomic mass is 16.6. The molecular formula is C28H33N3O3. The highest BCUT2D eigenvalue weighted by molar-refractivity contribution is 5.78. The van der Waals surface area contributed by atoms with Gasteiger partial charge in [-0.05, 0) is 40.5 Å². The number of piperidine rings is 1. The lowest BCUT2D eigenvalue weighted by Gasteiger charge is -2.38. The minimum absolute atomic E-state index is 0.0155. The van der Waals surface area contributed by atoms with E-state index in [0.29, 0.717) is 0 Å². The van der Waals surface area contributed by atoms with Crippen molar-refractivity contribution in [2.75, 3.05) is 18.1 Å². The van der Waals surface area contributed by atoms with Gasteiger partial charge in [0, 0.05) is 23.7 Å². The van der Waals surface area contributed by atoms with E-state index in [0.717, 1.165) is 47.7 Å². The van der Waals surface area contributed by atoms with Crippen molar-refractivity contribution in [3.05, 3.63) is 66.9 Å². The van der Waals surface area contributed by atoms with Crippen LogP contribution in [0.3, 0.4) is 0 Å². The van der Waals surface area contributed by atoms with E-state index in [2.05, 4.69) is 36.1 Å². The van der Waals surface area contributed by atoms with E-state index >= 15 is 0 Å². The van der Waals surface area contributed by atoms with Gasteiger partial charge in [0.2, 0.25) is 0 Å². The van der Waals surface area contributed by atoms with Crippen LogP contribution < -0.4 is 4.90 Å². The molecule has 1 fully saturated rings. The number of anilines is 1. The molecule has 0 N–H and O–H groups in total. The molecule has 0 saturated carbocycles. The molecule has 1 aliphatic heterocycles. The average Bonchev–Trinajstić information content (AvgIpc) is 2.82. The molecule has 0 spiro atoms. The van der Waals surface area contributed by atoms with E-state index in [9.17, 15) is 4.79 Å². The third-order valence-corrected chi connectivity index (χ3v) is 5.83. The summed E-state index contributed by atoms with van der Waals surface area (Å²) < 4.78 is 11.2. The van der Waals surface area contributed by atoms with Crippen LogP contribution in [0.1, 0.15) is 40.5 Å². The first-order valence-electron chi connectivity index (χ1n) is 11.9. The number of carbonyl (C=O) groups excluding carboxylic acids is 1. The van der Waals surface area contributed by atoms with Gasteiger partial charge < -0.3 is 14.4 Å². The summed E-state index contributed by atoms with van der Waals surface area (Å²) in [5.74, 6) is 0.536. The van der Waals surface area contributed by atoms with E-state index < -0.39 is 5.60 Å². The van der Waals surface area contributed by atoms with Gasteiger partial charge in [-0.15, -0.1) is 0 Å². The van der Waals surface area contributed by atoms with E-state index in [1.165, 1.54) is 0 Å². The molecule has 1 aromatic heterocycles. The number of ether oxygens (including phenoxy) is 2. The van der Waals surface area contributed by atoms with Crippen LogP contribution in [-0.4, -0.2) is 46.8 Å². The second-order valence-corrected chi connectivity index (χ2v) is 9.74. The molecule has 178 valence electrons.